The number of carbonyl (C=O) groups excluding carboxylic acids is 1. The highest BCUT2D eigenvalue weighted by Gasteiger charge is 2.19. The predicted molar refractivity (Wildman–Crippen MR) is 94.0 cm³/mol. The van der Waals surface area contributed by atoms with Crippen molar-refractivity contribution in [2.75, 3.05) is 5.32 Å². The van der Waals surface area contributed by atoms with Gasteiger partial charge in [-0.2, -0.15) is 5.10 Å². The minimum atomic E-state index is -0.633. The van der Waals surface area contributed by atoms with Gasteiger partial charge in [0.05, 0.1) is 10.3 Å². The van der Waals surface area contributed by atoms with Gasteiger partial charge < -0.3 is 5.32 Å². The number of nitrogens with zero attached hydrogens (tertiary/aromatic N) is 4. The minimum absolute atomic E-state index is 0.0274. The third-order valence-corrected chi connectivity index (χ3v) is 4.08. The smallest absolute Gasteiger partial charge is 0.288 e. The third kappa shape index (κ3) is 3.03. The van der Waals surface area contributed by atoms with Gasteiger partial charge in [-0.1, -0.05) is 11.6 Å². The number of hydrogen-bond donors (Lipinski definition) is 1. The summed E-state index contributed by atoms with van der Waals surface area (Å²) in [5.74, 6) is -0.162. The first-order valence-electron chi connectivity index (χ1n) is 7.34. The average molecular weight is 360 g/mol. The maximum absolute atomic E-state index is 12.5. The first kappa shape index (κ1) is 16.8. The number of hydrogen-bond acceptors (Lipinski definition) is 5. The van der Waals surface area contributed by atoms with Gasteiger partial charge in [0.15, 0.2) is 11.5 Å². The molecule has 0 spiro atoms. The molecule has 2 aromatic heterocycles. The zero-order chi connectivity index (χ0) is 18.3. The second-order valence-corrected chi connectivity index (χ2v) is 6.04. The van der Waals surface area contributed by atoms with Gasteiger partial charge in [-0.05, 0) is 37.6 Å². The fourth-order valence-corrected chi connectivity index (χ4v) is 2.84. The zero-order valence-electron chi connectivity index (χ0n) is 13.7. The molecule has 0 saturated carbocycles. The molecule has 25 heavy (non-hydrogen) atoms. The van der Waals surface area contributed by atoms with E-state index < -0.39 is 10.8 Å². The van der Waals surface area contributed by atoms with E-state index in [1.54, 1.807) is 11.7 Å². The summed E-state index contributed by atoms with van der Waals surface area (Å²) in [5.41, 5.74) is 2.21. The molecule has 2 heterocycles. The molecule has 3 rings (SSSR count). The quantitative estimate of drug-likeness (QED) is 0.570. The Morgan fingerprint density at radius 3 is 2.72 bits per heavy atom. The molecule has 0 saturated heterocycles. The molecular formula is C16H14ClN5O3. The van der Waals surface area contributed by atoms with Gasteiger partial charge in [0, 0.05) is 24.4 Å². The first-order valence-corrected chi connectivity index (χ1v) is 7.72. The lowest BCUT2D eigenvalue weighted by Crippen LogP contribution is -2.13. The maximum atomic E-state index is 12.5. The van der Waals surface area contributed by atoms with E-state index in [0.29, 0.717) is 11.5 Å². The van der Waals surface area contributed by atoms with Crippen molar-refractivity contribution in [1.82, 2.24) is 14.8 Å². The standard InChI is InChI=1S/C16H14ClN5O3/c1-8-6-9(2)18-15-13(8)14(20-21(15)3)19-16(23)10-4-5-11(17)12(7-10)22(24)25/h4-7H,1-3H3,(H,19,20,23). The largest absolute Gasteiger partial charge is 0.304 e. The van der Waals surface area contributed by atoms with Gasteiger partial charge in [-0.3, -0.25) is 14.9 Å². The Kier molecular flexibility index (Phi) is 4.13. The van der Waals surface area contributed by atoms with Crippen LogP contribution in [0.2, 0.25) is 5.02 Å². The molecule has 3 aromatic rings. The number of rotatable bonds is 3. The van der Waals surface area contributed by atoms with Crippen LogP contribution in [0.3, 0.4) is 0 Å². The maximum Gasteiger partial charge on any atom is 0.288 e. The number of pyridine rings is 1. The van der Waals surface area contributed by atoms with Gasteiger partial charge >= 0.3 is 0 Å². The fraction of sp³-hybridized carbons (Fsp3) is 0.188. The Hall–Kier alpha value is -3.00. The number of aromatic nitrogens is 3. The van der Waals surface area contributed by atoms with Crippen LogP contribution in [-0.4, -0.2) is 25.6 Å². The highest BCUT2D eigenvalue weighted by atomic mass is 35.5. The van der Waals surface area contributed by atoms with E-state index in [1.807, 2.05) is 19.9 Å². The Morgan fingerprint density at radius 1 is 1.32 bits per heavy atom. The summed E-state index contributed by atoms with van der Waals surface area (Å²) in [5, 5.41) is 18.7. The molecule has 0 atom stereocenters. The number of benzene rings is 1. The molecule has 1 aromatic carbocycles. The second-order valence-electron chi connectivity index (χ2n) is 5.63. The van der Waals surface area contributed by atoms with Crippen LogP contribution in [0.25, 0.3) is 11.0 Å². The number of amides is 1. The van der Waals surface area contributed by atoms with Gasteiger partial charge in [0.2, 0.25) is 0 Å². The van der Waals surface area contributed by atoms with E-state index in [9.17, 15) is 14.9 Å². The van der Waals surface area contributed by atoms with Crippen LogP contribution in [0.4, 0.5) is 11.5 Å². The summed E-state index contributed by atoms with van der Waals surface area (Å²) < 4.78 is 1.58. The Bertz CT molecular complexity index is 1030. The van der Waals surface area contributed by atoms with E-state index in [1.165, 1.54) is 12.1 Å². The van der Waals surface area contributed by atoms with Gasteiger partial charge in [-0.25, -0.2) is 9.67 Å². The molecule has 8 nitrogen and oxygen atoms in total. The summed E-state index contributed by atoms with van der Waals surface area (Å²) >= 11 is 5.78. The summed E-state index contributed by atoms with van der Waals surface area (Å²) in [6.07, 6.45) is 0. The SMILES string of the molecule is Cc1cc(C)c2c(NC(=O)c3ccc(Cl)c([N+](=O)[O-])c3)nn(C)c2n1. The highest BCUT2D eigenvalue weighted by molar-refractivity contribution is 6.32. The molecule has 128 valence electrons. The number of nitrogens with one attached hydrogen (secondary N) is 1. The third-order valence-electron chi connectivity index (χ3n) is 3.76. The van der Waals surface area contributed by atoms with Crippen molar-refractivity contribution >= 4 is 40.0 Å². The van der Waals surface area contributed by atoms with Gasteiger partial charge in [-0.15, -0.1) is 0 Å². The van der Waals surface area contributed by atoms with Crippen LogP contribution in [-0.2, 0) is 7.05 Å². The van der Waals surface area contributed by atoms with E-state index in [0.717, 1.165) is 22.7 Å². The number of halogens is 1. The Balaban J connectivity index is 2.01. The number of fused-ring (bicyclic) bond motifs is 1. The Morgan fingerprint density at radius 2 is 2.04 bits per heavy atom. The van der Waals surface area contributed by atoms with E-state index in [2.05, 4.69) is 15.4 Å². The average Bonchev–Trinajstić information content (AvgIpc) is 2.83. The van der Waals surface area contributed by atoms with E-state index in [4.69, 9.17) is 11.6 Å². The van der Waals surface area contributed by atoms with E-state index in [-0.39, 0.29) is 16.3 Å². The first-order chi connectivity index (χ1) is 11.8. The lowest BCUT2D eigenvalue weighted by atomic mass is 10.1. The van der Waals surface area contributed by atoms with Gasteiger partial charge in [0.1, 0.15) is 5.02 Å². The normalized spacial score (nSPS) is 10.9. The van der Waals surface area contributed by atoms with Crippen molar-refractivity contribution < 1.29 is 9.72 Å². The van der Waals surface area contributed by atoms with Crippen molar-refractivity contribution in [1.29, 1.82) is 0 Å². The monoisotopic (exact) mass is 359 g/mol. The molecule has 0 bridgehead atoms. The number of anilines is 1. The fourth-order valence-electron chi connectivity index (χ4n) is 2.65. The highest BCUT2D eigenvalue weighted by Crippen LogP contribution is 2.28. The zero-order valence-corrected chi connectivity index (χ0v) is 14.5. The number of aryl methyl sites for hydroxylation is 3. The molecule has 0 radical (unpaired) electrons. The van der Waals surface area contributed by atoms with E-state index >= 15 is 0 Å². The molecule has 1 amide bonds. The molecule has 0 aliphatic rings. The van der Waals surface area contributed by atoms with Crippen LogP contribution >= 0.6 is 11.6 Å². The molecule has 1 N–H and O–H groups in total. The molecule has 0 aliphatic carbocycles. The van der Waals surface area contributed by atoms with Crippen molar-refractivity contribution in [3.05, 3.63) is 56.2 Å². The van der Waals surface area contributed by atoms with Gasteiger partial charge in [0.25, 0.3) is 11.6 Å². The number of nitro benzene ring substituents is 1. The topological polar surface area (TPSA) is 103 Å². The summed E-state index contributed by atoms with van der Waals surface area (Å²) in [6, 6.07) is 5.78. The van der Waals surface area contributed by atoms with Crippen molar-refractivity contribution in [2.24, 2.45) is 7.05 Å². The Labute approximate surface area is 147 Å². The summed E-state index contributed by atoms with van der Waals surface area (Å²) in [4.78, 5) is 27.3. The summed E-state index contributed by atoms with van der Waals surface area (Å²) in [7, 11) is 1.73. The van der Waals surface area contributed by atoms with Crippen molar-refractivity contribution in [3.63, 3.8) is 0 Å². The molecule has 9 heteroatoms. The minimum Gasteiger partial charge on any atom is -0.304 e. The van der Waals surface area contributed by atoms with Crippen LogP contribution < -0.4 is 5.32 Å². The summed E-state index contributed by atoms with van der Waals surface area (Å²) in [6.45, 7) is 3.78. The van der Waals surface area contributed by atoms with Crippen molar-refractivity contribution in [3.8, 4) is 0 Å². The van der Waals surface area contributed by atoms with Crippen LogP contribution in [0, 0.1) is 24.0 Å². The van der Waals surface area contributed by atoms with Crippen LogP contribution in [0.1, 0.15) is 21.6 Å². The predicted octanol–water partition coefficient (Wildman–Crippen LogP) is 3.40. The van der Waals surface area contributed by atoms with Crippen LogP contribution in [0.15, 0.2) is 24.3 Å². The van der Waals surface area contributed by atoms with Crippen molar-refractivity contribution in [2.45, 2.75) is 13.8 Å². The molecular weight excluding hydrogens is 346 g/mol. The number of carbonyl (C=O) groups is 1. The lowest BCUT2D eigenvalue weighted by molar-refractivity contribution is -0.384. The molecule has 0 fully saturated rings. The molecule has 0 unspecified atom stereocenters. The second kappa shape index (κ2) is 6.14. The molecule has 0 aliphatic heterocycles. The van der Waals surface area contributed by atoms with Crippen LogP contribution in [0.5, 0.6) is 0 Å². The number of nitro groups is 1. The lowest BCUT2D eigenvalue weighted by Gasteiger charge is -2.05.